The minimum atomic E-state index is -0.669. The maximum absolute atomic E-state index is 12.3. The van der Waals surface area contributed by atoms with Crippen LogP contribution in [0.5, 0.6) is 5.75 Å². The molecule has 0 aliphatic carbocycles. The maximum Gasteiger partial charge on any atom is 0.280 e. The minimum absolute atomic E-state index is 0.312. The molecule has 4 aromatic rings. The molecule has 1 heterocycles. The second kappa shape index (κ2) is 8.44. The summed E-state index contributed by atoms with van der Waals surface area (Å²) in [6.45, 7) is 1.70. The number of carbonyl (C=O) groups excluding carboxylic acids is 1. The van der Waals surface area contributed by atoms with Crippen molar-refractivity contribution in [1.82, 2.24) is 10.4 Å². The van der Waals surface area contributed by atoms with E-state index in [0.29, 0.717) is 5.75 Å². The number of rotatable bonds is 6. The van der Waals surface area contributed by atoms with Crippen LogP contribution >= 0.6 is 0 Å². The van der Waals surface area contributed by atoms with E-state index in [4.69, 9.17) is 4.74 Å². The number of hydrogen-bond donors (Lipinski definition) is 2. The molecule has 4 rings (SSSR count). The van der Waals surface area contributed by atoms with Crippen LogP contribution < -0.4 is 10.2 Å². The van der Waals surface area contributed by atoms with Gasteiger partial charge in [-0.2, -0.15) is 5.10 Å². The van der Waals surface area contributed by atoms with Gasteiger partial charge in [-0.1, -0.05) is 60.7 Å². The molecule has 5 heteroatoms. The first-order chi connectivity index (χ1) is 14.2. The smallest absolute Gasteiger partial charge is 0.280 e. The molecule has 0 spiro atoms. The van der Waals surface area contributed by atoms with Crippen LogP contribution in [0.3, 0.4) is 0 Å². The predicted octanol–water partition coefficient (Wildman–Crippen LogP) is 4.75. The minimum Gasteiger partial charge on any atom is -0.481 e. The molecule has 0 aliphatic heterocycles. The van der Waals surface area contributed by atoms with Gasteiger partial charge in [0, 0.05) is 22.7 Å². The molecule has 0 aliphatic rings. The Morgan fingerprint density at radius 2 is 1.66 bits per heavy atom. The lowest BCUT2D eigenvalue weighted by Gasteiger charge is -2.13. The molecule has 3 aromatic carbocycles. The van der Waals surface area contributed by atoms with E-state index in [9.17, 15) is 4.79 Å². The second-order valence-electron chi connectivity index (χ2n) is 6.67. The van der Waals surface area contributed by atoms with Crippen LogP contribution in [0.4, 0.5) is 0 Å². The Bertz CT molecular complexity index is 1130. The third-order valence-corrected chi connectivity index (χ3v) is 4.64. The number of amides is 1. The predicted molar refractivity (Wildman–Crippen MR) is 116 cm³/mol. The Kier molecular flexibility index (Phi) is 5.38. The van der Waals surface area contributed by atoms with Crippen molar-refractivity contribution in [2.45, 2.75) is 13.0 Å². The van der Waals surface area contributed by atoms with Crippen LogP contribution in [0.15, 0.2) is 90.2 Å². The normalized spacial score (nSPS) is 12.2. The van der Waals surface area contributed by atoms with Crippen molar-refractivity contribution in [3.05, 3.63) is 90.6 Å². The van der Waals surface area contributed by atoms with Crippen molar-refractivity contribution in [2.75, 3.05) is 0 Å². The standard InChI is InChI=1S/C24H21N3O2/c1-17(29-21-13-11-19(12-14-21)18-7-3-2-4-8-18)24(28)27-26-16-20-15-25-23-10-6-5-9-22(20)23/h2-17,25H,1H3,(H,27,28)/b26-16+. The second-order valence-corrected chi connectivity index (χ2v) is 6.67. The van der Waals surface area contributed by atoms with E-state index in [0.717, 1.165) is 27.6 Å². The highest BCUT2D eigenvalue weighted by Gasteiger charge is 2.14. The first-order valence-corrected chi connectivity index (χ1v) is 9.42. The summed E-state index contributed by atoms with van der Waals surface area (Å²) >= 11 is 0. The van der Waals surface area contributed by atoms with Crippen LogP contribution in [-0.2, 0) is 4.79 Å². The number of H-pyrrole nitrogens is 1. The van der Waals surface area contributed by atoms with Crippen molar-refractivity contribution in [1.29, 1.82) is 0 Å². The van der Waals surface area contributed by atoms with Gasteiger partial charge in [-0.05, 0) is 36.2 Å². The number of aromatic nitrogens is 1. The fourth-order valence-electron chi connectivity index (χ4n) is 3.07. The number of benzene rings is 3. The van der Waals surface area contributed by atoms with E-state index >= 15 is 0 Å². The van der Waals surface area contributed by atoms with Crippen LogP contribution in [0.2, 0.25) is 0 Å². The lowest BCUT2D eigenvalue weighted by molar-refractivity contribution is -0.127. The average molecular weight is 383 g/mol. The van der Waals surface area contributed by atoms with E-state index in [2.05, 4.69) is 27.6 Å². The molecular formula is C24H21N3O2. The molecule has 1 unspecified atom stereocenters. The Morgan fingerprint density at radius 3 is 2.45 bits per heavy atom. The molecule has 29 heavy (non-hydrogen) atoms. The number of hydrogen-bond acceptors (Lipinski definition) is 3. The molecule has 5 nitrogen and oxygen atoms in total. The third kappa shape index (κ3) is 4.35. The summed E-state index contributed by atoms with van der Waals surface area (Å²) in [6.07, 6.45) is 2.81. The highest BCUT2D eigenvalue weighted by molar-refractivity contribution is 5.99. The average Bonchev–Trinajstić information content (AvgIpc) is 3.18. The summed E-state index contributed by atoms with van der Waals surface area (Å²) < 4.78 is 5.73. The summed E-state index contributed by atoms with van der Waals surface area (Å²) in [5.41, 5.74) is 6.70. The van der Waals surface area contributed by atoms with Crippen molar-refractivity contribution >= 4 is 23.0 Å². The van der Waals surface area contributed by atoms with Crippen LogP contribution in [0.25, 0.3) is 22.0 Å². The van der Waals surface area contributed by atoms with E-state index in [-0.39, 0.29) is 5.91 Å². The van der Waals surface area contributed by atoms with Crippen LogP contribution in [-0.4, -0.2) is 23.2 Å². The van der Waals surface area contributed by atoms with Crippen molar-refractivity contribution in [2.24, 2.45) is 5.10 Å². The Hall–Kier alpha value is -3.86. The van der Waals surface area contributed by atoms with Gasteiger partial charge in [0.2, 0.25) is 0 Å². The summed E-state index contributed by atoms with van der Waals surface area (Å²) in [5, 5.41) is 5.11. The number of nitrogens with zero attached hydrogens (tertiary/aromatic N) is 1. The van der Waals surface area contributed by atoms with Gasteiger partial charge in [0.1, 0.15) is 5.75 Å². The maximum atomic E-state index is 12.3. The van der Waals surface area contributed by atoms with Gasteiger partial charge in [-0.15, -0.1) is 0 Å². The molecule has 0 saturated heterocycles. The molecule has 0 radical (unpaired) electrons. The Balaban J connectivity index is 1.34. The number of fused-ring (bicyclic) bond motifs is 1. The third-order valence-electron chi connectivity index (χ3n) is 4.64. The topological polar surface area (TPSA) is 66.5 Å². The lowest BCUT2D eigenvalue weighted by Crippen LogP contribution is -2.33. The number of carbonyl (C=O) groups is 1. The molecule has 1 atom stereocenters. The first-order valence-electron chi connectivity index (χ1n) is 9.42. The Morgan fingerprint density at radius 1 is 0.966 bits per heavy atom. The Labute approximate surface area is 169 Å². The van der Waals surface area contributed by atoms with Crippen molar-refractivity contribution in [3.63, 3.8) is 0 Å². The van der Waals surface area contributed by atoms with Gasteiger partial charge in [0.05, 0.1) is 6.21 Å². The van der Waals surface area contributed by atoms with Crippen LogP contribution in [0, 0.1) is 0 Å². The fourth-order valence-corrected chi connectivity index (χ4v) is 3.07. The zero-order valence-electron chi connectivity index (χ0n) is 16.0. The van der Waals surface area contributed by atoms with Gasteiger partial charge in [0.15, 0.2) is 6.10 Å². The summed E-state index contributed by atoms with van der Waals surface area (Å²) in [6, 6.07) is 25.7. The SMILES string of the molecule is CC(Oc1ccc(-c2ccccc2)cc1)C(=O)N/N=C/c1c[nH]c2ccccc12. The van der Waals surface area contributed by atoms with E-state index in [1.165, 1.54) is 0 Å². The number of ether oxygens (including phenoxy) is 1. The van der Waals surface area contributed by atoms with Gasteiger partial charge in [-0.3, -0.25) is 4.79 Å². The number of aromatic amines is 1. The van der Waals surface area contributed by atoms with E-state index in [1.54, 1.807) is 13.1 Å². The number of hydrazone groups is 1. The molecule has 144 valence electrons. The van der Waals surface area contributed by atoms with Gasteiger partial charge < -0.3 is 9.72 Å². The van der Waals surface area contributed by atoms with Gasteiger partial charge in [0.25, 0.3) is 5.91 Å². The largest absolute Gasteiger partial charge is 0.481 e. The molecular weight excluding hydrogens is 362 g/mol. The molecule has 1 amide bonds. The number of para-hydroxylation sites is 1. The van der Waals surface area contributed by atoms with Crippen molar-refractivity contribution < 1.29 is 9.53 Å². The molecule has 0 saturated carbocycles. The summed E-state index contributed by atoms with van der Waals surface area (Å²) in [4.78, 5) is 15.4. The first kappa shape index (κ1) is 18.5. The molecule has 2 N–H and O–H groups in total. The quantitative estimate of drug-likeness (QED) is 0.373. The zero-order valence-corrected chi connectivity index (χ0v) is 16.0. The highest BCUT2D eigenvalue weighted by atomic mass is 16.5. The van der Waals surface area contributed by atoms with Gasteiger partial charge >= 0.3 is 0 Å². The van der Waals surface area contributed by atoms with Crippen molar-refractivity contribution in [3.8, 4) is 16.9 Å². The summed E-state index contributed by atoms with van der Waals surface area (Å²) in [7, 11) is 0. The number of nitrogens with one attached hydrogen (secondary N) is 2. The van der Waals surface area contributed by atoms with E-state index < -0.39 is 6.10 Å². The zero-order chi connectivity index (χ0) is 20.1. The summed E-state index contributed by atoms with van der Waals surface area (Å²) in [5.74, 6) is 0.321. The highest BCUT2D eigenvalue weighted by Crippen LogP contribution is 2.22. The molecule has 0 bridgehead atoms. The van der Waals surface area contributed by atoms with E-state index in [1.807, 2.05) is 72.9 Å². The fraction of sp³-hybridized carbons (Fsp3) is 0.0833. The van der Waals surface area contributed by atoms with Gasteiger partial charge in [-0.25, -0.2) is 5.43 Å². The van der Waals surface area contributed by atoms with Crippen LogP contribution in [0.1, 0.15) is 12.5 Å². The molecule has 1 aromatic heterocycles. The lowest BCUT2D eigenvalue weighted by atomic mass is 10.1. The molecule has 0 fully saturated rings. The monoisotopic (exact) mass is 383 g/mol.